The molecule has 0 spiro atoms. The first kappa shape index (κ1) is 19.7. The SMILES string of the molecule is CC(C)(C)OC(=O)N1CCN(CC(=O)Nc2ccc(C(=O)O)cc2)CC1. The lowest BCUT2D eigenvalue weighted by Crippen LogP contribution is -2.51. The van der Waals surface area contributed by atoms with Crippen LogP contribution in [-0.2, 0) is 9.53 Å². The minimum absolute atomic E-state index is 0.168. The lowest BCUT2D eigenvalue weighted by molar-refractivity contribution is -0.117. The van der Waals surface area contributed by atoms with E-state index in [1.54, 1.807) is 17.0 Å². The average Bonchev–Trinajstić information content (AvgIpc) is 2.54. The van der Waals surface area contributed by atoms with Gasteiger partial charge >= 0.3 is 12.1 Å². The van der Waals surface area contributed by atoms with Crippen molar-refractivity contribution in [1.82, 2.24) is 9.80 Å². The number of aromatic carboxylic acids is 1. The van der Waals surface area contributed by atoms with Crippen LogP contribution < -0.4 is 5.32 Å². The molecule has 26 heavy (non-hydrogen) atoms. The van der Waals surface area contributed by atoms with Crippen molar-refractivity contribution >= 4 is 23.7 Å². The fourth-order valence-electron chi connectivity index (χ4n) is 2.51. The first-order valence-corrected chi connectivity index (χ1v) is 8.47. The zero-order valence-electron chi connectivity index (χ0n) is 15.3. The van der Waals surface area contributed by atoms with E-state index in [2.05, 4.69) is 5.32 Å². The molecule has 1 aliphatic rings. The van der Waals surface area contributed by atoms with E-state index < -0.39 is 11.6 Å². The highest BCUT2D eigenvalue weighted by Gasteiger charge is 2.26. The quantitative estimate of drug-likeness (QED) is 0.847. The number of carboxylic acids is 1. The number of carboxylic acid groups (broad SMARTS) is 1. The van der Waals surface area contributed by atoms with E-state index in [0.29, 0.717) is 31.9 Å². The van der Waals surface area contributed by atoms with Gasteiger partial charge in [0.05, 0.1) is 12.1 Å². The Morgan fingerprint density at radius 2 is 1.65 bits per heavy atom. The van der Waals surface area contributed by atoms with Crippen LogP contribution in [-0.4, -0.2) is 71.2 Å². The van der Waals surface area contributed by atoms with Crippen molar-refractivity contribution in [1.29, 1.82) is 0 Å². The Kier molecular flexibility index (Phi) is 6.20. The average molecular weight is 363 g/mol. The fraction of sp³-hybridized carbons (Fsp3) is 0.500. The van der Waals surface area contributed by atoms with E-state index in [9.17, 15) is 14.4 Å². The normalized spacial score (nSPS) is 15.4. The summed E-state index contributed by atoms with van der Waals surface area (Å²) in [6.45, 7) is 7.89. The third kappa shape index (κ3) is 6.03. The third-order valence-corrected chi connectivity index (χ3v) is 3.81. The number of rotatable bonds is 4. The van der Waals surface area contributed by atoms with E-state index in [1.165, 1.54) is 12.1 Å². The van der Waals surface area contributed by atoms with Crippen LogP contribution in [0.1, 0.15) is 31.1 Å². The number of hydrogen-bond acceptors (Lipinski definition) is 5. The first-order valence-electron chi connectivity index (χ1n) is 8.47. The molecule has 0 unspecified atom stereocenters. The molecule has 0 bridgehead atoms. The highest BCUT2D eigenvalue weighted by atomic mass is 16.6. The summed E-state index contributed by atoms with van der Waals surface area (Å²) in [6, 6.07) is 6.00. The van der Waals surface area contributed by atoms with E-state index in [4.69, 9.17) is 9.84 Å². The van der Waals surface area contributed by atoms with Crippen molar-refractivity contribution in [2.24, 2.45) is 0 Å². The number of amides is 2. The van der Waals surface area contributed by atoms with E-state index in [-0.39, 0.29) is 24.1 Å². The highest BCUT2D eigenvalue weighted by molar-refractivity contribution is 5.93. The second-order valence-electron chi connectivity index (χ2n) is 7.17. The molecule has 1 aromatic rings. The van der Waals surface area contributed by atoms with Crippen molar-refractivity contribution < 1.29 is 24.2 Å². The van der Waals surface area contributed by atoms with Gasteiger partial charge in [-0.15, -0.1) is 0 Å². The largest absolute Gasteiger partial charge is 0.478 e. The van der Waals surface area contributed by atoms with Gasteiger partial charge in [0.2, 0.25) is 5.91 Å². The van der Waals surface area contributed by atoms with Crippen LogP contribution in [0.25, 0.3) is 0 Å². The Hall–Kier alpha value is -2.61. The van der Waals surface area contributed by atoms with Crippen molar-refractivity contribution in [2.45, 2.75) is 26.4 Å². The lowest BCUT2D eigenvalue weighted by Gasteiger charge is -2.35. The number of carbonyl (C=O) groups excluding carboxylic acids is 2. The monoisotopic (exact) mass is 363 g/mol. The molecule has 2 amide bonds. The topological polar surface area (TPSA) is 99.2 Å². The number of anilines is 1. The molecule has 1 saturated heterocycles. The zero-order chi connectivity index (χ0) is 19.3. The van der Waals surface area contributed by atoms with Crippen molar-refractivity contribution in [3.63, 3.8) is 0 Å². The van der Waals surface area contributed by atoms with Crippen LogP contribution in [0.15, 0.2) is 24.3 Å². The number of piperazine rings is 1. The van der Waals surface area contributed by atoms with Crippen LogP contribution in [0.5, 0.6) is 0 Å². The van der Waals surface area contributed by atoms with Crippen LogP contribution in [0.3, 0.4) is 0 Å². The van der Waals surface area contributed by atoms with Gasteiger partial charge in [0, 0.05) is 31.9 Å². The number of hydrogen-bond donors (Lipinski definition) is 2. The predicted octanol–water partition coefficient (Wildman–Crippen LogP) is 1.88. The molecule has 2 N–H and O–H groups in total. The number of ether oxygens (including phenoxy) is 1. The predicted molar refractivity (Wildman–Crippen MR) is 96.3 cm³/mol. The summed E-state index contributed by atoms with van der Waals surface area (Å²) >= 11 is 0. The molecule has 0 aromatic heterocycles. The minimum atomic E-state index is -1.01. The van der Waals surface area contributed by atoms with Gasteiger partial charge in [0.15, 0.2) is 0 Å². The third-order valence-electron chi connectivity index (χ3n) is 3.81. The lowest BCUT2D eigenvalue weighted by atomic mass is 10.2. The summed E-state index contributed by atoms with van der Waals surface area (Å²) in [5, 5.41) is 11.6. The Bertz CT molecular complexity index is 658. The van der Waals surface area contributed by atoms with Crippen molar-refractivity contribution in [2.75, 3.05) is 38.0 Å². The van der Waals surface area contributed by atoms with Crippen molar-refractivity contribution in [3.8, 4) is 0 Å². The minimum Gasteiger partial charge on any atom is -0.478 e. The second-order valence-corrected chi connectivity index (χ2v) is 7.17. The van der Waals surface area contributed by atoms with Gasteiger partial charge in [0.25, 0.3) is 0 Å². The maximum atomic E-state index is 12.1. The first-order chi connectivity index (χ1) is 12.1. The highest BCUT2D eigenvalue weighted by Crippen LogP contribution is 2.13. The van der Waals surface area contributed by atoms with Gasteiger partial charge in [-0.25, -0.2) is 9.59 Å². The van der Waals surface area contributed by atoms with Gasteiger partial charge in [-0.3, -0.25) is 9.69 Å². The van der Waals surface area contributed by atoms with Gasteiger partial charge in [-0.2, -0.15) is 0 Å². The molecular weight excluding hydrogens is 338 g/mol. The molecular formula is C18H25N3O5. The van der Waals surface area contributed by atoms with E-state index in [1.807, 2.05) is 25.7 Å². The maximum absolute atomic E-state index is 12.1. The molecule has 1 aromatic carbocycles. The number of benzene rings is 1. The zero-order valence-corrected chi connectivity index (χ0v) is 15.3. The smallest absolute Gasteiger partial charge is 0.410 e. The van der Waals surface area contributed by atoms with Crippen LogP contribution >= 0.6 is 0 Å². The Morgan fingerprint density at radius 1 is 1.08 bits per heavy atom. The Morgan fingerprint density at radius 3 is 2.15 bits per heavy atom. The van der Waals surface area contributed by atoms with Gasteiger partial charge in [-0.05, 0) is 45.0 Å². The summed E-state index contributed by atoms with van der Waals surface area (Å²) in [5.41, 5.74) is 0.193. The molecule has 0 aliphatic carbocycles. The standard InChI is InChI=1S/C18H25N3O5/c1-18(2,3)26-17(25)21-10-8-20(9-11-21)12-15(22)19-14-6-4-13(5-7-14)16(23)24/h4-7H,8-12H2,1-3H3,(H,19,22)(H,23,24). The summed E-state index contributed by atoms with van der Waals surface area (Å²) in [4.78, 5) is 38.6. The van der Waals surface area contributed by atoms with Gasteiger partial charge in [-0.1, -0.05) is 0 Å². The molecule has 1 fully saturated rings. The van der Waals surface area contributed by atoms with E-state index in [0.717, 1.165) is 0 Å². The maximum Gasteiger partial charge on any atom is 0.410 e. The number of nitrogens with one attached hydrogen (secondary N) is 1. The number of nitrogens with zero attached hydrogens (tertiary/aromatic N) is 2. The molecule has 8 heteroatoms. The molecule has 8 nitrogen and oxygen atoms in total. The second kappa shape index (κ2) is 8.18. The summed E-state index contributed by atoms with van der Waals surface area (Å²) in [5.74, 6) is -1.19. The summed E-state index contributed by atoms with van der Waals surface area (Å²) < 4.78 is 5.35. The molecule has 1 aliphatic heterocycles. The fourth-order valence-corrected chi connectivity index (χ4v) is 2.51. The van der Waals surface area contributed by atoms with Crippen LogP contribution in [0, 0.1) is 0 Å². The molecule has 0 radical (unpaired) electrons. The Labute approximate surface area is 152 Å². The van der Waals surface area contributed by atoms with Crippen LogP contribution in [0.2, 0.25) is 0 Å². The molecule has 2 rings (SSSR count). The summed E-state index contributed by atoms with van der Waals surface area (Å²) in [6.07, 6.45) is -0.333. The molecule has 1 heterocycles. The molecule has 0 atom stereocenters. The van der Waals surface area contributed by atoms with E-state index >= 15 is 0 Å². The molecule has 0 saturated carbocycles. The summed E-state index contributed by atoms with van der Waals surface area (Å²) in [7, 11) is 0. The van der Waals surface area contributed by atoms with Crippen LogP contribution in [0.4, 0.5) is 10.5 Å². The number of carbonyl (C=O) groups is 3. The van der Waals surface area contributed by atoms with Gasteiger partial charge in [0.1, 0.15) is 5.60 Å². The Balaban J connectivity index is 1.77. The van der Waals surface area contributed by atoms with Gasteiger partial charge < -0.3 is 20.1 Å². The molecule has 142 valence electrons. The van der Waals surface area contributed by atoms with Crippen molar-refractivity contribution in [3.05, 3.63) is 29.8 Å².